The van der Waals surface area contributed by atoms with Gasteiger partial charge in [0.1, 0.15) is 0 Å². The molecular formula is C15H19F2NO2. The summed E-state index contributed by atoms with van der Waals surface area (Å²) in [4.78, 5) is 12.0. The number of amides is 1. The van der Waals surface area contributed by atoms with Crippen LogP contribution in [0.3, 0.4) is 0 Å². The number of benzene rings is 1. The van der Waals surface area contributed by atoms with E-state index in [9.17, 15) is 13.6 Å². The van der Waals surface area contributed by atoms with Crippen molar-refractivity contribution in [2.75, 3.05) is 6.61 Å². The molecule has 20 heavy (non-hydrogen) atoms. The first-order valence-corrected chi connectivity index (χ1v) is 6.80. The summed E-state index contributed by atoms with van der Waals surface area (Å²) in [5, 5.41) is 11.8. The van der Waals surface area contributed by atoms with Gasteiger partial charge in [-0.05, 0) is 36.8 Å². The molecule has 1 fully saturated rings. The van der Waals surface area contributed by atoms with Crippen molar-refractivity contribution >= 4 is 5.91 Å². The number of carbonyl (C=O) groups excluding carboxylic acids is 1. The van der Waals surface area contributed by atoms with Crippen LogP contribution in [-0.2, 0) is 4.79 Å². The minimum Gasteiger partial charge on any atom is -0.396 e. The van der Waals surface area contributed by atoms with Gasteiger partial charge in [-0.3, -0.25) is 4.79 Å². The minimum absolute atomic E-state index is 0.00589. The van der Waals surface area contributed by atoms with Crippen LogP contribution in [0.2, 0.25) is 0 Å². The van der Waals surface area contributed by atoms with Gasteiger partial charge in [-0.1, -0.05) is 19.1 Å². The van der Waals surface area contributed by atoms with Crippen LogP contribution < -0.4 is 5.32 Å². The van der Waals surface area contributed by atoms with Crippen molar-refractivity contribution in [2.24, 2.45) is 11.8 Å². The second-order valence-corrected chi connectivity index (χ2v) is 5.55. The number of hydrogen-bond donors (Lipinski definition) is 2. The Balaban J connectivity index is 1.98. The fraction of sp³-hybridized carbons (Fsp3) is 0.533. The van der Waals surface area contributed by atoms with Crippen LogP contribution >= 0.6 is 0 Å². The van der Waals surface area contributed by atoms with E-state index in [0.29, 0.717) is 6.42 Å². The Morgan fingerprint density at radius 3 is 2.80 bits per heavy atom. The Hall–Kier alpha value is -1.49. The molecule has 0 heterocycles. The number of hydrogen-bond acceptors (Lipinski definition) is 2. The second kappa shape index (κ2) is 5.87. The van der Waals surface area contributed by atoms with Gasteiger partial charge < -0.3 is 10.4 Å². The predicted molar refractivity (Wildman–Crippen MR) is 71.1 cm³/mol. The third kappa shape index (κ3) is 2.98. The maximum absolute atomic E-state index is 13.6. The van der Waals surface area contributed by atoms with Crippen LogP contribution in [0.25, 0.3) is 0 Å². The van der Waals surface area contributed by atoms with Gasteiger partial charge in [-0.25, -0.2) is 8.78 Å². The van der Waals surface area contributed by atoms with E-state index in [1.165, 1.54) is 12.1 Å². The summed E-state index contributed by atoms with van der Waals surface area (Å²) in [6.07, 6.45) is 0.534. The molecule has 0 bridgehead atoms. The summed E-state index contributed by atoms with van der Waals surface area (Å²) in [5.74, 6) is -2.49. The second-order valence-electron chi connectivity index (χ2n) is 5.55. The summed E-state index contributed by atoms with van der Waals surface area (Å²) in [6.45, 7) is 3.65. The SMILES string of the molecule is CC(CO)C(C)NC(=O)C1CC1c1cccc(F)c1F. The Kier molecular flexibility index (Phi) is 4.38. The maximum Gasteiger partial charge on any atom is 0.223 e. The highest BCUT2D eigenvalue weighted by Gasteiger charge is 2.45. The summed E-state index contributed by atoms with van der Waals surface area (Å²) >= 11 is 0. The summed E-state index contributed by atoms with van der Waals surface area (Å²) in [5.41, 5.74) is 0.271. The van der Waals surface area contributed by atoms with E-state index in [1.807, 2.05) is 13.8 Å². The third-order valence-electron chi connectivity index (χ3n) is 4.02. The zero-order valence-electron chi connectivity index (χ0n) is 11.6. The van der Waals surface area contributed by atoms with Crippen molar-refractivity contribution < 1.29 is 18.7 Å². The van der Waals surface area contributed by atoms with Crippen molar-refractivity contribution in [1.29, 1.82) is 0 Å². The number of aliphatic hydroxyl groups is 1. The van der Waals surface area contributed by atoms with Crippen molar-refractivity contribution in [2.45, 2.75) is 32.2 Å². The van der Waals surface area contributed by atoms with Crippen LogP contribution in [0.4, 0.5) is 8.78 Å². The molecule has 1 aromatic carbocycles. The molecule has 0 saturated heterocycles. The number of halogens is 2. The van der Waals surface area contributed by atoms with E-state index >= 15 is 0 Å². The lowest BCUT2D eigenvalue weighted by Crippen LogP contribution is -2.39. The van der Waals surface area contributed by atoms with Gasteiger partial charge in [0.2, 0.25) is 5.91 Å². The molecule has 0 aliphatic heterocycles. The average Bonchev–Trinajstić information content (AvgIpc) is 3.21. The Labute approximate surface area is 117 Å². The van der Waals surface area contributed by atoms with Gasteiger partial charge in [0.15, 0.2) is 11.6 Å². The summed E-state index contributed by atoms with van der Waals surface area (Å²) in [7, 11) is 0. The maximum atomic E-state index is 13.6. The standard InChI is InChI=1S/C15H19F2NO2/c1-8(7-19)9(2)18-15(20)12-6-11(12)10-4-3-5-13(16)14(10)17/h3-5,8-9,11-12,19H,6-7H2,1-2H3,(H,18,20). The molecule has 1 amide bonds. The molecule has 1 aliphatic carbocycles. The van der Waals surface area contributed by atoms with Gasteiger partial charge in [0.25, 0.3) is 0 Å². The number of nitrogens with one attached hydrogen (secondary N) is 1. The van der Waals surface area contributed by atoms with Crippen molar-refractivity contribution in [1.82, 2.24) is 5.32 Å². The van der Waals surface area contributed by atoms with E-state index in [2.05, 4.69) is 5.32 Å². The largest absolute Gasteiger partial charge is 0.396 e. The van der Waals surface area contributed by atoms with E-state index in [4.69, 9.17) is 5.11 Å². The molecule has 0 radical (unpaired) electrons. The van der Waals surface area contributed by atoms with Gasteiger partial charge in [0, 0.05) is 18.6 Å². The normalized spacial score (nSPS) is 24.1. The molecule has 4 atom stereocenters. The number of carbonyl (C=O) groups is 1. The molecule has 5 heteroatoms. The van der Waals surface area contributed by atoms with E-state index < -0.39 is 11.6 Å². The van der Waals surface area contributed by atoms with Gasteiger partial charge >= 0.3 is 0 Å². The minimum atomic E-state index is -0.879. The fourth-order valence-electron chi connectivity index (χ4n) is 2.27. The zero-order valence-corrected chi connectivity index (χ0v) is 11.6. The highest BCUT2D eigenvalue weighted by atomic mass is 19.2. The molecule has 2 rings (SSSR count). The Morgan fingerprint density at radius 2 is 2.15 bits per heavy atom. The molecule has 3 nitrogen and oxygen atoms in total. The first-order valence-electron chi connectivity index (χ1n) is 6.80. The third-order valence-corrected chi connectivity index (χ3v) is 4.02. The molecule has 0 spiro atoms. The zero-order chi connectivity index (χ0) is 14.9. The van der Waals surface area contributed by atoms with Crippen LogP contribution in [0.1, 0.15) is 31.7 Å². The monoisotopic (exact) mass is 283 g/mol. The Bertz CT molecular complexity index is 507. The quantitative estimate of drug-likeness (QED) is 0.870. The van der Waals surface area contributed by atoms with Crippen LogP contribution in [-0.4, -0.2) is 23.7 Å². The lowest BCUT2D eigenvalue weighted by Gasteiger charge is -2.19. The number of rotatable bonds is 5. The smallest absolute Gasteiger partial charge is 0.223 e. The van der Waals surface area contributed by atoms with Gasteiger partial charge in [-0.15, -0.1) is 0 Å². The van der Waals surface area contributed by atoms with Crippen molar-refractivity contribution in [3.63, 3.8) is 0 Å². The fourth-order valence-corrected chi connectivity index (χ4v) is 2.27. The average molecular weight is 283 g/mol. The number of aliphatic hydroxyl groups excluding tert-OH is 1. The van der Waals surface area contributed by atoms with Gasteiger partial charge in [-0.2, -0.15) is 0 Å². The van der Waals surface area contributed by atoms with Gasteiger partial charge in [0.05, 0.1) is 0 Å². The van der Waals surface area contributed by atoms with Crippen LogP contribution in [0, 0.1) is 23.5 Å². The van der Waals surface area contributed by atoms with E-state index in [1.54, 1.807) is 0 Å². The highest BCUT2D eigenvalue weighted by Crippen LogP contribution is 2.48. The lowest BCUT2D eigenvalue weighted by atomic mass is 10.0. The molecule has 1 aromatic rings. The van der Waals surface area contributed by atoms with E-state index in [-0.39, 0.29) is 41.9 Å². The molecule has 0 aromatic heterocycles. The summed E-state index contributed by atoms with van der Waals surface area (Å²) < 4.78 is 26.8. The van der Waals surface area contributed by atoms with Crippen molar-refractivity contribution in [3.8, 4) is 0 Å². The molecule has 4 unspecified atom stereocenters. The summed E-state index contributed by atoms with van der Waals surface area (Å²) in [6, 6.07) is 3.90. The van der Waals surface area contributed by atoms with Crippen molar-refractivity contribution in [3.05, 3.63) is 35.4 Å². The lowest BCUT2D eigenvalue weighted by molar-refractivity contribution is -0.123. The molecule has 2 N–H and O–H groups in total. The molecule has 110 valence electrons. The van der Waals surface area contributed by atoms with Crippen LogP contribution in [0.5, 0.6) is 0 Å². The molecule has 1 aliphatic rings. The Morgan fingerprint density at radius 1 is 1.45 bits per heavy atom. The highest BCUT2D eigenvalue weighted by molar-refractivity contribution is 5.83. The van der Waals surface area contributed by atoms with Crippen LogP contribution in [0.15, 0.2) is 18.2 Å². The molecular weight excluding hydrogens is 264 g/mol. The van der Waals surface area contributed by atoms with E-state index in [0.717, 1.165) is 6.07 Å². The predicted octanol–water partition coefficient (Wildman–Crippen LogP) is 2.20. The first-order chi connectivity index (χ1) is 9.45. The first kappa shape index (κ1) is 14.9. The topological polar surface area (TPSA) is 49.3 Å². The molecule has 1 saturated carbocycles.